The van der Waals surface area contributed by atoms with Crippen molar-refractivity contribution in [3.8, 4) is 0 Å². The van der Waals surface area contributed by atoms with Crippen molar-refractivity contribution in [2.45, 2.75) is 51.9 Å². The maximum absolute atomic E-state index is 12.6. The first-order valence-corrected chi connectivity index (χ1v) is 7.75. The monoisotopic (exact) mass is 288 g/mol. The van der Waals surface area contributed by atoms with Gasteiger partial charge in [-0.3, -0.25) is 4.79 Å². The maximum atomic E-state index is 12.6. The summed E-state index contributed by atoms with van der Waals surface area (Å²) in [6.07, 6.45) is 8.41. The molecule has 0 aromatic heterocycles. The smallest absolute Gasteiger partial charge is 0.226 e. The van der Waals surface area contributed by atoms with Crippen LogP contribution in [0.15, 0.2) is 0 Å². The highest BCUT2D eigenvalue weighted by Crippen LogP contribution is 2.33. The SMILES string of the molecule is CCCC1CCCN(C(=O)[C@@H]2CCC[C@@H]2CN)C1.Cl. The molecule has 4 heteroatoms. The Morgan fingerprint density at radius 1 is 1.26 bits per heavy atom. The number of hydrogen-bond acceptors (Lipinski definition) is 2. The van der Waals surface area contributed by atoms with Crippen LogP contribution in [0, 0.1) is 17.8 Å². The number of halogens is 1. The largest absolute Gasteiger partial charge is 0.342 e. The lowest BCUT2D eigenvalue weighted by molar-refractivity contribution is -0.138. The zero-order valence-electron chi connectivity index (χ0n) is 12.1. The van der Waals surface area contributed by atoms with Crippen LogP contribution in [0.25, 0.3) is 0 Å². The van der Waals surface area contributed by atoms with Crippen molar-refractivity contribution >= 4 is 18.3 Å². The molecule has 2 rings (SSSR count). The van der Waals surface area contributed by atoms with Gasteiger partial charge in [0, 0.05) is 19.0 Å². The van der Waals surface area contributed by atoms with E-state index in [1.54, 1.807) is 0 Å². The third kappa shape index (κ3) is 4.09. The minimum absolute atomic E-state index is 0. The minimum atomic E-state index is 0. The van der Waals surface area contributed by atoms with Crippen molar-refractivity contribution in [2.24, 2.45) is 23.5 Å². The van der Waals surface area contributed by atoms with E-state index in [1.165, 1.54) is 32.1 Å². The molecule has 1 aliphatic carbocycles. The lowest BCUT2D eigenvalue weighted by atomic mass is 9.90. The average molecular weight is 289 g/mol. The number of carbonyl (C=O) groups is 1. The topological polar surface area (TPSA) is 46.3 Å². The Hall–Kier alpha value is -0.280. The molecule has 2 fully saturated rings. The first-order chi connectivity index (χ1) is 8.76. The van der Waals surface area contributed by atoms with Gasteiger partial charge in [0.2, 0.25) is 5.91 Å². The van der Waals surface area contributed by atoms with Crippen LogP contribution < -0.4 is 5.73 Å². The Bertz CT molecular complexity index is 283. The number of nitrogens with two attached hydrogens (primary N) is 1. The van der Waals surface area contributed by atoms with E-state index in [2.05, 4.69) is 11.8 Å². The fraction of sp³-hybridized carbons (Fsp3) is 0.933. The molecule has 112 valence electrons. The second-order valence-corrected chi connectivity index (χ2v) is 6.11. The van der Waals surface area contributed by atoms with Gasteiger partial charge in [0.15, 0.2) is 0 Å². The normalized spacial score (nSPS) is 31.1. The molecule has 2 N–H and O–H groups in total. The first kappa shape index (κ1) is 16.8. The molecule has 1 amide bonds. The number of hydrogen-bond donors (Lipinski definition) is 1. The Labute approximate surface area is 123 Å². The molecular formula is C15H29ClN2O. The molecule has 0 spiro atoms. The standard InChI is InChI=1S/C15H28N2O.ClH/c1-2-5-12-6-4-9-17(11-12)15(18)14-8-3-7-13(14)10-16;/h12-14H,2-11,16H2,1H3;1H/t12?,13-,14-;/m1./s1. The maximum Gasteiger partial charge on any atom is 0.226 e. The summed E-state index contributed by atoms with van der Waals surface area (Å²) in [5, 5.41) is 0. The van der Waals surface area contributed by atoms with Crippen molar-refractivity contribution in [3.63, 3.8) is 0 Å². The van der Waals surface area contributed by atoms with E-state index in [0.717, 1.165) is 31.8 Å². The Kier molecular flexibility index (Phi) is 7.16. The highest BCUT2D eigenvalue weighted by molar-refractivity contribution is 5.85. The number of carbonyl (C=O) groups excluding carboxylic acids is 1. The van der Waals surface area contributed by atoms with Crippen LogP contribution in [0.1, 0.15) is 51.9 Å². The third-order valence-corrected chi connectivity index (χ3v) is 4.81. The average Bonchev–Trinajstić information content (AvgIpc) is 2.87. The summed E-state index contributed by atoms with van der Waals surface area (Å²) in [6.45, 7) is 4.90. The van der Waals surface area contributed by atoms with E-state index >= 15 is 0 Å². The summed E-state index contributed by atoms with van der Waals surface area (Å²) in [7, 11) is 0. The molecule has 0 bridgehead atoms. The van der Waals surface area contributed by atoms with Crippen LogP contribution in [-0.2, 0) is 4.79 Å². The van der Waals surface area contributed by atoms with E-state index < -0.39 is 0 Å². The summed E-state index contributed by atoms with van der Waals surface area (Å²) in [5.41, 5.74) is 5.80. The Morgan fingerprint density at radius 2 is 2.05 bits per heavy atom. The van der Waals surface area contributed by atoms with Crippen molar-refractivity contribution in [1.82, 2.24) is 4.90 Å². The molecule has 3 atom stereocenters. The first-order valence-electron chi connectivity index (χ1n) is 7.75. The number of likely N-dealkylation sites (tertiary alicyclic amines) is 1. The molecule has 0 radical (unpaired) electrons. The highest BCUT2D eigenvalue weighted by Gasteiger charge is 2.35. The van der Waals surface area contributed by atoms with E-state index in [9.17, 15) is 4.79 Å². The summed E-state index contributed by atoms with van der Waals surface area (Å²) in [5.74, 6) is 1.83. The van der Waals surface area contributed by atoms with Gasteiger partial charge in [0.1, 0.15) is 0 Å². The fourth-order valence-corrected chi connectivity index (χ4v) is 3.79. The lowest BCUT2D eigenvalue weighted by Gasteiger charge is -2.35. The van der Waals surface area contributed by atoms with Crippen molar-refractivity contribution in [3.05, 3.63) is 0 Å². The summed E-state index contributed by atoms with van der Waals surface area (Å²) in [4.78, 5) is 14.7. The zero-order chi connectivity index (χ0) is 13.0. The fourth-order valence-electron chi connectivity index (χ4n) is 3.79. The zero-order valence-corrected chi connectivity index (χ0v) is 13.0. The second-order valence-electron chi connectivity index (χ2n) is 6.11. The molecule has 1 heterocycles. The van der Waals surface area contributed by atoms with Gasteiger partial charge in [-0.15, -0.1) is 12.4 Å². The summed E-state index contributed by atoms with van der Waals surface area (Å²) in [6, 6.07) is 0. The Balaban J connectivity index is 0.00000180. The molecule has 1 saturated heterocycles. The molecule has 3 nitrogen and oxygen atoms in total. The van der Waals surface area contributed by atoms with E-state index in [4.69, 9.17) is 5.73 Å². The van der Waals surface area contributed by atoms with E-state index in [0.29, 0.717) is 18.4 Å². The van der Waals surface area contributed by atoms with E-state index in [-0.39, 0.29) is 18.3 Å². The lowest BCUT2D eigenvalue weighted by Crippen LogP contribution is -2.44. The molecule has 1 aliphatic heterocycles. The minimum Gasteiger partial charge on any atom is -0.342 e. The second kappa shape index (κ2) is 8.11. The quantitative estimate of drug-likeness (QED) is 0.865. The number of rotatable bonds is 4. The molecular weight excluding hydrogens is 260 g/mol. The van der Waals surface area contributed by atoms with Crippen LogP contribution in [0.2, 0.25) is 0 Å². The van der Waals surface area contributed by atoms with Crippen LogP contribution >= 0.6 is 12.4 Å². The molecule has 1 saturated carbocycles. The van der Waals surface area contributed by atoms with E-state index in [1.807, 2.05) is 0 Å². The van der Waals surface area contributed by atoms with Gasteiger partial charge in [0.05, 0.1) is 0 Å². The molecule has 0 aromatic carbocycles. The van der Waals surface area contributed by atoms with Gasteiger partial charge in [0.25, 0.3) is 0 Å². The Morgan fingerprint density at radius 3 is 2.74 bits per heavy atom. The van der Waals surface area contributed by atoms with Crippen molar-refractivity contribution in [2.75, 3.05) is 19.6 Å². The van der Waals surface area contributed by atoms with Crippen LogP contribution in [0.5, 0.6) is 0 Å². The predicted molar refractivity (Wildman–Crippen MR) is 81.3 cm³/mol. The molecule has 1 unspecified atom stereocenters. The van der Waals surface area contributed by atoms with Crippen molar-refractivity contribution < 1.29 is 4.79 Å². The summed E-state index contributed by atoms with van der Waals surface area (Å²) < 4.78 is 0. The van der Waals surface area contributed by atoms with Crippen LogP contribution in [0.4, 0.5) is 0 Å². The third-order valence-electron chi connectivity index (χ3n) is 4.81. The van der Waals surface area contributed by atoms with Gasteiger partial charge in [-0.1, -0.05) is 19.8 Å². The van der Waals surface area contributed by atoms with Gasteiger partial charge in [-0.05, 0) is 50.5 Å². The van der Waals surface area contributed by atoms with Gasteiger partial charge < -0.3 is 10.6 Å². The predicted octanol–water partition coefficient (Wildman–Crippen LogP) is 2.82. The number of nitrogens with zero attached hydrogens (tertiary/aromatic N) is 1. The van der Waals surface area contributed by atoms with Gasteiger partial charge in [-0.25, -0.2) is 0 Å². The van der Waals surface area contributed by atoms with Gasteiger partial charge >= 0.3 is 0 Å². The van der Waals surface area contributed by atoms with Crippen molar-refractivity contribution in [1.29, 1.82) is 0 Å². The number of piperidine rings is 1. The van der Waals surface area contributed by atoms with Crippen LogP contribution in [0.3, 0.4) is 0 Å². The number of amides is 1. The summed E-state index contributed by atoms with van der Waals surface area (Å²) >= 11 is 0. The molecule has 19 heavy (non-hydrogen) atoms. The van der Waals surface area contributed by atoms with Gasteiger partial charge in [-0.2, -0.15) is 0 Å². The van der Waals surface area contributed by atoms with Crippen LogP contribution in [-0.4, -0.2) is 30.4 Å². The molecule has 0 aromatic rings. The highest BCUT2D eigenvalue weighted by atomic mass is 35.5. The molecule has 2 aliphatic rings.